The Morgan fingerprint density at radius 1 is 1.50 bits per heavy atom. The Labute approximate surface area is 74.2 Å². The average molecular weight is 167 g/mol. The van der Waals surface area contributed by atoms with Crippen LogP contribution in [0.15, 0.2) is 11.6 Å². The van der Waals surface area contributed by atoms with Crippen LogP contribution in [-0.4, -0.2) is 23.4 Å². The number of hydrogen-bond donors (Lipinski definition) is 0. The molecule has 0 heterocycles. The second-order valence-electron chi connectivity index (χ2n) is 4.30. The van der Waals surface area contributed by atoms with E-state index < -0.39 is 0 Å². The summed E-state index contributed by atoms with van der Waals surface area (Å²) in [5, 5.41) is 0. The molecule has 0 bridgehead atoms. The highest BCUT2D eigenvalue weighted by Crippen LogP contribution is 2.23. The van der Waals surface area contributed by atoms with E-state index >= 15 is 0 Å². The molecular formula is C10H17NO. The number of allylic oxidation sites excluding steroid dienone is 1. The van der Waals surface area contributed by atoms with E-state index in [9.17, 15) is 4.79 Å². The molecule has 0 aliphatic heterocycles. The topological polar surface area (TPSA) is 20.3 Å². The maximum atomic E-state index is 11.6. The molecule has 0 aromatic rings. The first-order valence-electron chi connectivity index (χ1n) is 4.40. The van der Waals surface area contributed by atoms with Crippen molar-refractivity contribution in [3.8, 4) is 0 Å². The Bertz CT molecular complexity index is 222. The van der Waals surface area contributed by atoms with Crippen molar-refractivity contribution in [2.24, 2.45) is 0 Å². The lowest BCUT2D eigenvalue weighted by molar-refractivity contribution is -0.130. The van der Waals surface area contributed by atoms with E-state index in [1.165, 1.54) is 0 Å². The molecule has 12 heavy (non-hydrogen) atoms. The molecule has 1 amide bonds. The standard InChI is InChI=1S/C10H17NO/c1-10(2,3)11(4)9(12)8-6-5-7-8/h6H,5,7H2,1-4H3. The Hall–Kier alpha value is -0.790. The molecule has 68 valence electrons. The maximum Gasteiger partial charge on any atom is 0.249 e. The third-order valence-electron chi connectivity index (χ3n) is 2.39. The van der Waals surface area contributed by atoms with Crippen LogP contribution in [0.25, 0.3) is 0 Å². The van der Waals surface area contributed by atoms with E-state index in [1.807, 2.05) is 33.9 Å². The lowest BCUT2D eigenvalue weighted by atomic mass is 9.96. The zero-order valence-corrected chi connectivity index (χ0v) is 8.35. The van der Waals surface area contributed by atoms with Crippen molar-refractivity contribution in [3.63, 3.8) is 0 Å². The van der Waals surface area contributed by atoms with Gasteiger partial charge < -0.3 is 4.90 Å². The molecule has 0 saturated heterocycles. The van der Waals surface area contributed by atoms with Crippen LogP contribution in [0.3, 0.4) is 0 Å². The largest absolute Gasteiger partial charge is 0.337 e. The number of carbonyl (C=O) groups is 1. The molecule has 1 rings (SSSR count). The first-order chi connectivity index (χ1) is 5.43. The summed E-state index contributed by atoms with van der Waals surface area (Å²) < 4.78 is 0. The molecule has 0 aromatic heterocycles. The summed E-state index contributed by atoms with van der Waals surface area (Å²) in [7, 11) is 1.86. The molecule has 0 atom stereocenters. The van der Waals surface area contributed by atoms with Crippen LogP contribution in [0.5, 0.6) is 0 Å². The minimum atomic E-state index is -0.0620. The number of nitrogens with zero attached hydrogens (tertiary/aromatic N) is 1. The Morgan fingerprint density at radius 2 is 2.00 bits per heavy atom. The van der Waals surface area contributed by atoms with Crippen LogP contribution in [0.2, 0.25) is 0 Å². The third kappa shape index (κ3) is 1.68. The number of carbonyl (C=O) groups excluding carboxylic acids is 1. The summed E-state index contributed by atoms with van der Waals surface area (Å²) in [6.45, 7) is 6.14. The lowest BCUT2D eigenvalue weighted by Crippen LogP contribution is -2.43. The van der Waals surface area contributed by atoms with Gasteiger partial charge in [-0.15, -0.1) is 0 Å². The van der Waals surface area contributed by atoms with Gasteiger partial charge in [-0.05, 0) is 33.6 Å². The fraction of sp³-hybridized carbons (Fsp3) is 0.700. The number of rotatable bonds is 1. The van der Waals surface area contributed by atoms with Crippen LogP contribution in [-0.2, 0) is 4.79 Å². The summed E-state index contributed by atoms with van der Waals surface area (Å²) in [5.74, 6) is 0.189. The first-order valence-corrected chi connectivity index (χ1v) is 4.40. The molecule has 0 saturated carbocycles. The van der Waals surface area contributed by atoms with Gasteiger partial charge in [0.05, 0.1) is 0 Å². The summed E-state index contributed by atoms with van der Waals surface area (Å²) in [6.07, 6.45) is 4.04. The predicted molar refractivity (Wildman–Crippen MR) is 49.8 cm³/mol. The maximum absolute atomic E-state index is 11.6. The number of likely N-dealkylation sites (N-methyl/N-ethyl adjacent to an activating group) is 1. The van der Waals surface area contributed by atoms with E-state index in [-0.39, 0.29) is 11.4 Å². The highest BCUT2D eigenvalue weighted by molar-refractivity contribution is 5.94. The molecule has 2 heteroatoms. The van der Waals surface area contributed by atoms with Gasteiger partial charge in [-0.1, -0.05) is 6.08 Å². The zero-order valence-electron chi connectivity index (χ0n) is 8.35. The van der Waals surface area contributed by atoms with Crippen molar-refractivity contribution in [2.45, 2.75) is 39.2 Å². The van der Waals surface area contributed by atoms with Gasteiger partial charge in [0.1, 0.15) is 0 Å². The van der Waals surface area contributed by atoms with Crippen molar-refractivity contribution in [2.75, 3.05) is 7.05 Å². The molecule has 0 fully saturated rings. The van der Waals surface area contributed by atoms with Gasteiger partial charge >= 0.3 is 0 Å². The second kappa shape index (κ2) is 2.92. The van der Waals surface area contributed by atoms with E-state index in [1.54, 1.807) is 4.90 Å². The van der Waals surface area contributed by atoms with Crippen molar-refractivity contribution in [1.82, 2.24) is 4.90 Å². The smallest absolute Gasteiger partial charge is 0.249 e. The molecule has 1 aliphatic carbocycles. The summed E-state index contributed by atoms with van der Waals surface area (Å²) in [6, 6.07) is 0. The van der Waals surface area contributed by atoms with Gasteiger partial charge in [0.15, 0.2) is 0 Å². The van der Waals surface area contributed by atoms with Crippen molar-refractivity contribution >= 4 is 5.91 Å². The molecule has 0 aromatic carbocycles. The molecule has 0 spiro atoms. The normalized spacial score (nSPS) is 16.5. The number of amides is 1. The van der Waals surface area contributed by atoms with Crippen molar-refractivity contribution in [1.29, 1.82) is 0 Å². The first kappa shape index (κ1) is 9.30. The summed E-state index contributed by atoms with van der Waals surface area (Å²) in [5.41, 5.74) is 0.917. The second-order valence-corrected chi connectivity index (χ2v) is 4.30. The molecule has 0 radical (unpaired) electrons. The summed E-state index contributed by atoms with van der Waals surface area (Å²) in [4.78, 5) is 13.4. The van der Waals surface area contributed by atoms with E-state index in [4.69, 9.17) is 0 Å². The Morgan fingerprint density at radius 3 is 2.25 bits per heavy atom. The van der Waals surface area contributed by atoms with E-state index in [2.05, 4.69) is 0 Å². The van der Waals surface area contributed by atoms with Gasteiger partial charge in [0.25, 0.3) is 0 Å². The molecule has 2 nitrogen and oxygen atoms in total. The molecular weight excluding hydrogens is 150 g/mol. The van der Waals surface area contributed by atoms with Gasteiger partial charge in [-0.25, -0.2) is 0 Å². The molecule has 0 unspecified atom stereocenters. The Kier molecular flexibility index (Phi) is 2.27. The van der Waals surface area contributed by atoms with Crippen LogP contribution < -0.4 is 0 Å². The minimum absolute atomic E-state index is 0.0620. The van der Waals surface area contributed by atoms with E-state index in [0.717, 1.165) is 18.4 Å². The summed E-state index contributed by atoms with van der Waals surface area (Å²) >= 11 is 0. The van der Waals surface area contributed by atoms with Crippen LogP contribution in [0.4, 0.5) is 0 Å². The predicted octanol–water partition coefficient (Wildman–Crippen LogP) is 1.96. The molecule has 1 aliphatic rings. The van der Waals surface area contributed by atoms with Gasteiger partial charge in [0, 0.05) is 18.2 Å². The lowest BCUT2D eigenvalue weighted by Gasteiger charge is -2.34. The minimum Gasteiger partial charge on any atom is -0.337 e. The van der Waals surface area contributed by atoms with Crippen LogP contribution >= 0.6 is 0 Å². The highest BCUT2D eigenvalue weighted by Gasteiger charge is 2.26. The monoisotopic (exact) mass is 167 g/mol. The van der Waals surface area contributed by atoms with E-state index in [0.29, 0.717) is 0 Å². The fourth-order valence-electron chi connectivity index (χ4n) is 1.00. The van der Waals surface area contributed by atoms with Crippen molar-refractivity contribution in [3.05, 3.63) is 11.6 Å². The fourth-order valence-corrected chi connectivity index (χ4v) is 1.00. The molecule has 0 N–H and O–H groups in total. The van der Waals surface area contributed by atoms with Crippen molar-refractivity contribution < 1.29 is 4.79 Å². The van der Waals surface area contributed by atoms with Crippen LogP contribution in [0, 0.1) is 0 Å². The zero-order chi connectivity index (χ0) is 9.35. The SMILES string of the molecule is CN(C(=O)C1=CCC1)C(C)(C)C. The Balaban J connectivity index is 2.64. The highest BCUT2D eigenvalue weighted by atomic mass is 16.2. The average Bonchev–Trinajstić information content (AvgIpc) is 1.79. The quantitative estimate of drug-likeness (QED) is 0.584. The third-order valence-corrected chi connectivity index (χ3v) is 2.39. The van der Waals surface area contributed by atoms with Crippen LogP contribution in [0.1, 0.15) is 33.6 Å². The van der Waals surface area contributed by atoms with Gasteiger partial charge in [0.2, 0.25) is 5.91 Å². The van der Waals surface area contributed by atoms with Gasteiger partial charge in [-0.2, -0.15) is 0 Å². The van der Waals surface area contributed by atoms with Gasteiger partial charge in [-0.3, -0.25) is 4.79 Å². The number of hydrogen-bond acceptors (Lipinski definition) is 1.